The molecule has 3 amide bonds. The summed E-state index contributed by atoms with van der Waals surface area (Å²) < 4.78 is 0. The van der Waals surface area contributed by atoms with Crippen molar-refractivity contribution in [1.82, 2.24) is 10.6 Å². The fraction of sp³-hybridized carbons (Fsp3) is 0.700. The molecule has 0 radical (unpaired) electrons. The van der Waals surface area contributed by atoms with Crippen LogP contribution >= 0.6 is 11.8 Å². The lowest BCUT2D eigenvalue weighted by molar-refractivity contribution is -0.138. The number of carbonyl (C=O) groups excluding carboxylic acids is 2. The van der Waals surface area contributed by atoms with Crippen molar-refractivity contribution in [3.63, 3.8) is 0 Å². The number of carbonyl (C=O) groups is 3. The number of aliphatic carboxylic acids is 1. The number of nitrogens with one attached hydrogen (secondary N) is 2. The van der Waals surface area contributed by atoms with Gasteiger partial charge in [0.25, 0.3) is 0 Å². The van der Waals surface area contributed by atoms with E-state index >= 15 is 0 Å². The average Bonchev–Trinajstić information content (AvgIpc) is 2.15. The van der Waals surface area contributed by atoms with Crippen LogP contribution in [0.15, 0.2) is 0 Å². The molecule has 7 heteroatoms. The van der Waals surface area contributed by atoms with Gasteiger partial charge in [-0.25, -0.2) is 4.79 Å². The van der Waals surface area contributed by atoms with E-state index < -0.39 is 17.9 Å². The molecule has 0 aliphatic heterocycles. The van der Waals surface area contributed by atoms with E-state index in [9.17, 15) is 14.4 Å². The second-order valence-electron chi connectivity index (χ2n) is 3.70. The zero-order valence-corrected chi connectivity index (χ0v) is 10.8. The van der Waals surface area contributed by atoms with Crippen molar-refractivity contribution < 1.29 is 19.5 Å². The normalized spacial score (nSPS) is 11.6. The Morgan fingerprint density at radius 1 is 1.29 bits per heavy atom. The number of imide groups is 1. The average molecular weight is 262 g/mol. The van der Waals surface area contributed by atoms with Gasteiger partial charge in [0.05, 0.1) is 0 Å². The number of hydrogen-bond acceptors (Lipinski definition) is 4. The summed E-state index contributed by atoms with van der Waals surface area (Å²) in [7, 11) is 0. The molecular formula is C10H18N2O4S. The number of urea groups is 1. The minimum atomic E-state index is -0.949. The molecule has 0 fully saturated rings. The van der Waals surface area contributed by atoms with Gasteiger partial charge in [0.2, 0.25) is 5.91 Å². The molecule has 0 aliphatic carbocycles. The zero-order chi connectivity index (χ0) is 13.3. The second kappa shape index (κ2) is 8.86. The molecule has 0 saturated carbocycles. The van der Waals surface area contributed by atoms with Crippen molar-refractivity contribution >= 4 is 29.7 Å². The summed E-state index contributed by atoms with van der Waals surface area (Å²) in [4.78, 5) is 32.8. The van der Waals surface area contributed by atoms with E-state index in [1.807, 2.05) is 6.26 Å². The molecule has 3 N–H and O–H groups in total. The Bertz CT molecular complexity index is 283. The SMILES string of the molecule is CSCCNC(=O)NC(=O)CC(C)CC(=O)O. The Morgan fingerprint density at radius 2 is 1.94 bits per heavy atom. The highest BCUT2D eigenvalue weighted by Gasteiger charge is 2.14. The molecule has 0 bridgehead atoms. The molecule has 98 valence electrons. The maximum atomic E-state index is 11.3. The predicted octanol–water partition coefficient (Wildman–Crippen LogP) is 0.676. The highest BCUT2D eigenvalue weighted by atomic mass is 32.2. The van der Waals surface area contributed by atoms with E-state index in [0.717, 1.165) is 5.75 Å². The van der Waals surface area contributed by atoms with E-state index in [2.05, 4.69) is 10.6 Å². The topological polar surface area (TPSA) is 95.5 Å². The van der Waals surface area contributed by atoms with Crippen LogP contribution in [-0.4, -0.2) is 41.6 Å². The third kappa shape index (κ3) is 9.68. The first-order valence-electron chi connectivity index (χ1n) is 5.24. The number of carboxylic acids is 1. The molecular weight excluding hydrogens is 244 g/mol. The van der Waals surface area contributed by atoms with Crippen molar-refractivity contribution in [3.8, 4) is 0 Å². The Morgan fingerprint density at radius 3 is 2.47 bits per heavy atom. The fourth-order valence-electron chi connectivity index (χ4n) is 1.18. The van der Waals surface area contributed by atoms with Crippen molar-refractivity contribution in [1.29, 1.82) is 0 Å². The van der Waals surface area contributed by atoms with Crippen molar-refractivity contribution in [2.24, 2.45) is 5.92 Å². The molecule has 0 aromatic carbocycles. The zero-order valence-electron chi connectivity index (χ0n) is 9.99. The fourth-order valence-corrected chi connectivity index (χ4v) is 1.48. The number of thioether (sulfide) groups is 1. The minimum Gasteiger partial charge on any atom is -0.481 e. The minimum absolute atomic E-state index is 0.0300. The first-order chi connectivity index (χ1) is 7.95. The molecule has 0 aromatic heterocycles. The van der Waals surface area contributed by atoms with Crippen LogP contribution in [0.5, 0.6) is 0 Å². The molecule has 0 rings (SSSR count). The molecule has 0 aliphatic rings. The quantitative estimate of drug-likeness (QED) is 0.586. The van der Waals surface area contributed by atoms with Crippen molar-refractivity contribution in [3.05, 3.63) is 0 Å². The Labute approximate surface area is 105 Å². The van der Waals surface area contributed by atoms with Gasteiger partial charge in [-0.15, -0.1) is 0 Å². The Hall–Kier alpha value is -1.24. The number of carboxylic acid groups (broad SMARTS) is 1. The van der Waals surface area contributed by atoms with Gasteiger partial charge in [0.15, 0.2) is 0 Å². The van der Waals surface area contributed by atoms with Crippen LogP contribution in [0.1, 0.15) is 19.8 Å². The van der Waals surface area contributed by atoms with Crippen molar-refractivity contribution in [2.75, 3.05) is 18.6 Å². The summed E-state index contributed by atoms with van der Waals surface area (Å²) in [5.74, 6) is -0.918. The van der Waals surface area contributed by atoms with E-state index in [0.29, 0.717) is 6.54 Å². The van der Waals surface area contributed by atoms with Crippen molar-refractivity contribution in [2.45, 2.75) is 19.8 Å². The maximum absolute atomic E-state index is 11.3. The van der Waals surface area contributed by atoms with Crippen LogP contribution in [0, 0.1) is 5.92 Å². The third-order valence-corrected chi connectivity index (χ3v) is 2.51. The van der Waals surface area contributed by atoms with Gasteiger partial charge in [-0.2, -0.15) is 11.8 Å². The van der Waals surface area contributed by atoms with Gasteiger partial charge in [-0.1, -0.05) is 6.92 Å². The van der Waals surface area contributed by atoms with Gasteiger partial charge in [0.1, 0.15) is 0 Å². The monoisotopic (exact) mass is 262 g/mol. The molecule has 1 unspecified atom stereocenters. The Kier molecular flexibility index (Phi) is 8.21. The van der Waals surface area contributed by atoms with Crippen LogP contribution in [0.25, 0.3) is 0 Å². The van der Waals surface area contributed by atoms with E-state index in [4.69, 9.17) is 5.11 Å². The standard InChI is InChI=1S/C10H18N2O4S/c1-7(6-9(14)15)5-8(13)12-10(16)11-3-4-17-2/h7H,3-6H2,1-2H3,(H,14,15)(H2,11,12,13,16). The first-order valence-corrected chi connectivity index (χ1v) is 6.63. The predicted molar refractivity (Wildman–Crippen MR) is 66.0 cm³/mol. The summed E-state index contributed by atoms with van der Waals surface area (Å²) in [6.45, 7) is 2.14. The van der Waals surface area contributed by atoms with Crippen LogP contribution in [0.3, 0.4) is 0 Å². The first kappa shape index (κ1) is 15.8. The van der Waals surface area contributed by atoms with E-state index in [-0.39, 0.29) is 18.8 Å². The van der Waals surface area contributed by atoms with E-state index in [1.165, 1.54) is 0 Å². The van der Waals surface area contributed by atoms with Crippen LogP contribution < -0.4 is 10.6 Å². The summed E-state index contributed by atoms with van der Waals surface area (Å²) >= 11 is 1.59. The smallest absolute Gasteiger partial charge is 0.321 e. The molecule has 17 heavy (non-hydrogen) atoms. The largest absolute Gasteiger partial charge is 0.481 e. The van der Waals surface area contributed by atoms with Gasteiger partial charge in [0, 0.05) is 25.1 Å². The van der Waals surface area contributed by atoms with Gasteiger partial charge in [-0.3, -0.25) is 14.9 Å². The number of amides is 3. The number of hydrogen-bond donors (Lipinski definition) is 3. The lowest BCUT2D eigenvalue weighted by atomic mass is 10.0. The van der Waals surface area contributed by atoms with E-state index in [1.54, 1.807) is 18.7 Å². The number of rotatable bonds is 7. The summed E-state index contributed by atoms with van der Waals surface area (Å²) in [5.41, 5.74) is 0. The Balaban J connectivity index is 3.77. The van der Waals surface area contributed by atoms with Crippen LogP contribution in [0.2, 0.25) is 0 Å². The van der Waals surface area contributed by atoms with Gasteiger partial charge < -0.3 is 10.4 Å². The van der Waals surface area contributed by atoms with Crippen LogP contribution in [0.4, 0.5) is 4.79 Å². The van der Waals surface area contributed by atoms with Crippen LogP contribution in [-0.2, 0) is 9.59 Å². The van der Waals surface area contributed by atoms with Gasteiger partial charge in [-0.05, 0) is 12.2 Å². The second-order valence-corrected chi connectivity index (χ2v) is 4.69. The molecule has 6 nitrogen and oxygen atoms in total. The summed E-state index contributed by atoms with van der Waals surface area (Å²) in [6, 6.07) is -0.536. The highest BCUT2D eigenvalue weighted by molar-refractivity contribution is 7.98. The lowest BCUT2D eigenvalue weighted by Gasteiger charge is -2.09. The lowest BCUT2D eigenvalue weighted by Crippen LogP contribution is -2.40. The third-order valence-electron chi connectivity index (χ3n) is 1.90. The molecule has 1 atom stereocenters. The highest BCUT2D eigenvalue weighted by Crippen LogP contribution is 2.06. The summed E-state index contributed by atoms with van der Waals surface area (Å²) in [5, 5.41) is 13.2. The summed E-state index contributed by atoms with van der Waals surface area (Å²) in [6.07, 6.45) is 1.86. The molecule has 0 heterocycles. The maximum Gasteiger partial charge on any atom is 0.321 e. The van der Waals surface area contributed by atoms with Gasteiger partial charge >= 0.3 is 12.0 Å². The molecule has 0 saturated heterocycles. The molecule has 0 aromatic rings. The molecule has 0 spiro atoms.